The van der Waals surface area contributed by atoms with Crippen molar-refractivity contribution in [2.24, 2.45) is 0 Å². The fourth-order valence-electron chi connectivity index (χ4n) is 2.28. The zero-order valence-electron chi connectivity index (χ0n) is 13.9. The third kappa shape index (κ3) is 3.95. The van der Waals surface area contributed by atoms with Crippen LogP contribution in [-0.4, -0.2) is 31.5 Å². The molecule has 0 radical (unpaired) electrons. The van der Waals surface area contributed by atoms with Gasteiger partial charge in [0.05, 0.1) is 10.1 Å². The van der Waals surface area contributed by atoms with Gasteiger partial charge in [-0.1, -0.05) is 17.8 Å². The number of nitrogens with zero attached hydrogens (tertiary/aromatic N) is 3. The second-order valence-corrected chi connectivity index (χ2v) is 9.14. The molecule has 0 aromatic carbocycles. The maximum Gasteiger partial charge on any atom is 0.233 e. The van der Waals surface area contributed by atoms with Gasteiger partial charge in [-0.25, -0.2) is 0 Å². The van der Waals surface area contributed by atoms with Crippen LogP contribution in [0.5, 0.6) is 0 Å². The van der Waals surface area contributed by atoms with Crippen molar-refractivity contribution in [3.63, 3.8) is 0 Å². The molecule has 1 N–H and O–H groups in total. The van der Waals surface area contributed by atoms with Crippen LogP contribution in [0.3, 0.4) is 0 Å². The molecule has 124 valence electrons. The molecule has 5 nitrogen and oxygen atoms in total. The maximum absolute atomic E-state index is 12.3. The summed E-state index contributed by atoms with van der Waals surface area (Å²) in [5, 5.41) is 14.4. The molecule has 7 heteroatoms. The van der Waals surface area contributed by atoms with Crippen molar-refractivity contribution >= 4 is 29.0 Å². The average Bonchev–Trinajstić information content (AvgIpc) is 2.99. The van der Waals surface area contributed by atoms with Crippen molar-refractivity contribution in [3.05, 3.63) is 17.5 Å². The number of hydrogen-bond acceptors (Lipinski definition) is 5. The highest BCUT2D eigenvalue weighted by Crippen LogP contribution is 2.42. The lowest BCUT2D eigenvalue weighted by Crippen LogP contribution is -2.44. The summed E-state index contributed by atoms with van der Waals surface area (Å²) in [4.78, 5) is 13.4. The summed E-state index contributed by atoms with van der Waals surface area (Å²) in [6.45, 7) is 7.89. The Bertz CT molecular complexity index is 683. The number of aromatic nitrogens is 3. The predicted molar refractivity (Wildman–Crippen MR) is 94.8 cm³/mol. The Morgan fingerprint density at radius 2 is 2.17 bits per heavy atom. The van der Waals surface area contributed by atoms with Crippen LogP contribution < -0.4 is 5.32 Å². The Balaban J connectivity index is 1.79. The van der Waals surface area contributed by atoms with Crippen LogP contribution in [0.15, 0.2) is 22.7 Å². The summed E-state index contributed by atoms with van der Waals surface area (Å²) in [6, 6.07) is 4.57. The molecule has 2 aromatic heterocycles. The van der Waals surface area contributed by atoms with Gasteiger partial charge >= 0.3 is 0 Å². The molecule has 0 bridgehead atoms. The summed E-state index contributed by atoms with van der Waals surface area (Å²) < 4.78 is 2.21. The first kappa shape index (κ1) is 16.5. The van der Waals surface area contributed by atoms with E-state index in [9.17, 15) is 4.79 Å². The fraction of sp³-hybridized carbons (Fsp3) is 0.562. The molecule has 0 aliphatic heterocycles. The van der Waals surface area contributed by atoms with Crippen molar-refractivity contribution in [1.82, 2.24) is 20.1 Å². The van der Waals surface area contributed by atoms with Gasteiger partial charge in [0, 0.05) is 11.6 Å². The molecular formula is C16H22N4OS2. The Morgan fingerprint density at radius 3 is 2.74 bits per heavy atom. The molecule has 2 aromatic rings. The van der Waals surface area contributed by atoms with Gasteiger partial charge in [0.1, 0.15) is 0 Å². The third-order valence-electron chi connectivity index (χ3n) is 3.47. The Morgan fingerprint density at radius 1 is 1.43 bits per heavy atom. The van der Waals surface area contributed by atoms with E-state index >= 15 is 0 Å². The average molecular weight is 351 g/mol. The molecule has 1 aliphatic carbocycles. The van der Waals surface area contributed by atoms with Crippen LogP contribution >= 0.6 is 23.1 Å². The Kier molecular flexibility index (Phi) is 4.51. The van der Waals surface area contributed by atoms with E-state index in [0.717, 1.165) is 28.7 Å². The van der Waals surface area contributed by atoms with Crippen LogP contribution in [0.2, 0.25) is 0 Å². The summed E-state index contributed by atoms with van der Waals surface area (Å²) in [6.07, 6.45) is 2.32. The Hall–Kier alpha value is -1.34. The fourth-order valence-corrected chi connectivity index (χ4v) is 3.90. The smallest absolute Gasteiger partial charge is 0.233 e. The standard InChI is InChI=1S/C16H22N4OS2/c1-10(14(21)17-16(2,3)4)23-15-19-18-13(12-6-5-9-22-12)20(15)11-7-8-11/h5-6,9-11H,7-8H2,1-4H3,(H,17,21). The van der Waals surface area contributed by atoms with Crippen LogP contribution in [0.25, 0.3) is 10.7 Å². The zero-order chi connectivity index (χ0) is 16.6. The molecule has 1 atom stereocenters. The van der Waals surface area contributed by atoms with E-state index in [4.69, 9.17) is 0 Å². The summed E-state index contributed by atoms with van der Waals surface area (Å²) in [5.74, 6) is 0.957. The van der Waals surface area contributed by atoms with Gasteiger partial charge in [0.25, 0.3) is 0 Å². The third-order valence-corrected chi connectivity index (χ3v) is 5.39. The van der Waals surface area contributed by atoms with Gasteiger partial charge in [0.15, 0.2) is 11.0 Å². The second-order valence-electron chi connectivity index (χ2n) is 6.88. The van der Waals surface area contributed by atoms with Crippen LogP contribution in [0, 0.1) is 0 Å². The van der Waals surface area contributed by atoms with Crippen molar-refractivity contribution in [1.29, 1.82) is 0 Å². The van der Waals surface area contributed by atoms with Gasteiger partial charge in [0.2, 0.25) is 5.91 Å². The minimum atomic E-state index is -0.224. The van der Waals surface area contributed by atoms with E-state index in [0.29, 0.717) is 6.04 Å². The molecule has 1 amide bonds. The summed E-state index contributed by atoms with van der Waals surface area (Å²) in [7, 11) is 0. The van der Waals surface area contributed by atoms with E-state index in [2.05, 4.69) is 26.1 Å². The van der Waals surface area contributed by atoms with Crippen LogP contribution in [-0.2, 0) is 4.79 Å². The van der Waals surface area contributed by atoms with Crippen molar-refractivity contribution in [2.75, 3.05) is 0 Å². The minimum Gasteiger partial charge on any atom is -0.351 e. The van der Waals surface area contributed by atoms with E-state index in [1.165, 1.54) is 11.8 Å². The number of amides is 1. The van der Waals surface area contributed by atoms with E-state index in [1.54, 1.807) is 11.3 Å². The van der Waals surface area contributed by atoms with E-state index in [1.807, 2.05) is 39.1 Å². The molecule has 0 spiro atoms. The van der Waals surface area contributed by atoms with Crippen molar-refractivity contribution < 1.29 is 4.79 Å². The second kappa shape index (κ2) is 6.28. The summed E-state index contributed by atoms with van der Waals surface area (Å²) >= 11 is 3.16. The highest BCUT2D eigenvalue weighted by atomic mass is 32.2. The van der Waals surface area contributed by atoms with Gasteiger partial charge in [-0.15, -0.1) is 21.5 Å². The normalized spacial score (nSPS) is 16.3. The zero-order valence-corrected chi connectivity index (χ0v) is 15.5. The van der Waals surface area contributed by atoms with Crippen molar-refractivity contribution in [3.8, 4) is 10.7 Å². The number of carbonyl (C=O) groups is 1. The van der Waals surface area contributed by atoms with Gasteiger partial charge in [-0.3, -0.25) is 9.36 Å². The first-order valence-electron chi connectivity index (χ1n) is 7.82. The number of carbonyl (C=O) groups excluding carboxylic acids is 1. The largest absolute Gasteiger partial charge is 0.351 e. The molecule has 23 heavy (non-hydrogen) atoms. The van der Waals surface area contributed by atoms with Crippen LogP contribution in [0.4, 0.5) is 0 Å². The lowest BCUT2D eigenvalue weighted by molar-refractivity contribution is -0.121. The number of rotatable bonds is 5. The molecule has 1 aliphatic rings. The maximum atomic E-state index is 12.3. The summed E-state index contributed by atoms with van der Waals surface area (Å²) in [5.41, 5.74) is -0.224. The number of nitrogens with one attached hydrogen (secondary N) is 1. The van der Waals surface area contributed by atoms with Gasteiger partial charge in [-0.2, -0.15) is 0 Å². The predicted octanol–water partition coefficient (Wildman–Crippen LogP) is 3.74. The minimum absolute atomic E-state index is 0.0329. The molecule has 2 heterocycles. The molecule has 0 saturated heterocycles. The molecule has 3 rings (SSSR count). The first-order valence-corrected chi connectivity index (χ1v) is 9.58. The SMILES string of the molecule is CC(Sc1nnc(-c2cccs2)n1C1CC1)C(=O)NC(C)(C)C. The van der Waals surface area contributed by atoms with Gasteiger partial charge < -0.3 is 5.32 Å². The molecule has 1 fully saturated rings. The van der Waals surface area contributed by atoms with Gasteiger partial charge in [-0.05, 0) is 52.0 Å². The molecule has 1 unspecified atom stereocenters. The first-order chi connectivity index (χ1) is 10.8. The number of thioether (sulfide) groups is 1. The highest BCUT2D eigenvalue weighted by molar-refractivity contribution is 8.00. The lowest BCUT2D eigenvalue weighted by atomic mass is 10.1. The monoisotopic (exact) mass is 350 g/mol. The topological polar surface area (TPSA) is 59.8 Å². The number of hydrogen-bond donors (Lipinski definition) is 1. The molecular weight excluding hydrogens is 328 g/mol. The molecule has 1 saturated carbocycles. The lowest BCUT2D eigenvalue weighted by Gasteiger charge is -2.23. The van der Waals surface area contributed by atoms with E-state index < -0.39 is 0 Å². The highest BCUT2D eigenvalue weighted by Gasteiger charge is 2.32. The van der Waals surface area contributed by atoms with Crippen LogP contribution in [0.1, 0.15) is 46.6 Å². The van der Waals surface area contributed by atoms with Crippen molar-refractivity contribution in [2.45, 2.75) is 62.5 Å². The quantitative estimate of drug-likeness (QED) is 0.835. The Labute approximate surface area is 144 Å². The van der Waals surface area contributed by atoms with E-state index in [-0.39, 0.29) is 16.7 Å². The number of thiophene rings is 1.